The van der Waals surface area contributed by atoms with E-state index < -0.39 is 0 Å². The molecule has 0 radical (unpaired) electrons. The molecule has 28 heavy (non-hydrogen) atoms. The zero-order valence-corrected chi connectivity index (χ0v) is 17.3. The van der Waals surface area contributed by atoms with Crippen LogP contribution in [0.2, 0.25) is 5.02 Å². The van der Waals surface area contributed by atoms with Crippen molar-refractivity contribution < 1.29 is 14.3 Å². The minimum Gasteiger partial charge on any atom is -0.488 e. The molecule has 6 heteroatoms. The predicted octanol–water partition coefficient (Wildman–Crippen LogP) is 6.15. The lowest BCUT2D eigenvalue weighted by atomic mass is 10.1. The number of ether oxygens (including phenoxy) is 1. The molecule has 3 rings (SSSR count). The average Bonchev–Trinajstić information content (AvgIpc) is 2.96. The lowest BCUT2D eigenvalue weighted by Crippen LogP contribution is -2.29. The second kappa shape index (κ2) is 9.80. The van der Waals surface area contributed by atoms with Gasteiger partial charge in [-0.05, 0) is 36.4 Å². The molecule has 0 atom stereocenters. The van der Waals surface area contributed by atoms with Crippen molar-refractivity contribution in [2.24, 2.45) is 0 Å². The standard InChI is InChI=1S/C22H22ClNO3S/c1-2-3-8-13-24-21(25)20(28-22(24)26)14-16-9-5-7-12-19(16)27-15-17-10-4-6-11-18(17)23/h4-7,9-12,14H,2-3,8,13,15H2,1H3/b20-14-. The summed E-state index contributed by atoms with van der Waals surface area (Å²) >= 11 is 7.17. The molecule has 1 aliphatic heterocycles. The lowest BCUT2D eigenvalue weighted by molar-refractivity contribution is -0.122. The molecule has 1 fully saturated rings. The lowest BCUT2D eigenvalue weighted by Gasteiger charge is -2.12. The number of carbonyl (C=O) groups is 2. The molecular weight excluding hydrogens is 394 g/mol. The van der Waals surface area contributed by atoms with Crippen molar-refractivity contribution in [1.29, 1.82) is 0 Å². The Hall–Kier alpha value is -2.24. The van der Waals surface area contributed by atoms with Crippen molar-refractivity contribution in [1.82, 2.24) is 4.90 Å². The minimum absolute atomic E-state index is 0.207. The number of carbonyl (C=O) groups excluding carboxylic acids is 2. The molecule has 0 unspecified atom stereocenters. The normalized spacial score (nSPS) is 15.5. The predicted molar refractivity (Wildman–Crippen MR) is 114 cm³/mol. The third-order valence-corrected chi connectivity index (χ3v) is 5.68. The van der Waals surface area contributed by atoms with E-state index in [2.05, 4.69) is 6.92 Å². The van der Waals surface area contributed by atoms with E-state index in [-0.39, 0.29) is 11.1 Å². The molecule has 2 amide bonds. The first-order valence-corrected chi connectivity index (χ1v) is 10.5. The summed E-state index contributed by atoms with van der Waals surface area (Å²) in [5.74, 6) is 0.409. The van der Waals surface area contributed by atoms with Crippen LogP contribution in [0.25, 0.3) is 6.08 Å². The average molecular weight is 416 g/mol. The van der Waals surface area contributed by atoms with Gasteiger partial charge in [0.25, 0.3) is 11.1 Å². The van der Waals surface area contributed by atoms with Gasteiger partial charge in [-0.25, -0.2) is 0 Å². The van der Waals surface area contributed by atoms with Gasteiger partial charge in [-0.15, -0.1) is 0 Å². The van der Waals surface area contributed by atoms with Crippen LogP contribution in [-0.4, -0.2) is 22.6 Å². The van der Waals surface area contributed by atoms with Crippen LogP contribution in [0.3, 0.4) is 0 Å². The second-order valence-corrected chi connectivity index (χ2v) is 7.86. The van der Waals surface area contributed by atoms with Crippen molar-refractivity contribution in [2.45, 2.75) is 32.8 Å². The van der Waals surface area contributed by atoms with Gasteiger partial charge in [0, 0.05) is 22.7 Å². The number of nitrogens with zero attached hydrogens (tertiary/aromatic N) is 1. The highest BCUT2D eigenvalue weighted by Crippen LogP contribution is 2.34. The number of thioether (sulfide) groups is 1. The molecule has 2 aromatic rings. The molecule has 0 N–H and O–H groups in total. The Morgan fingerprint density at radius 1 is 1.07 bits per heavy atom. The van der Waals surface area contributed by atoms with Gasteiger partial charge in [-0.3, -0.25) is 14.5 Å². The summed E-state index contributed by atoms with van der Waals surface area (Å²) in [7, 11) is 0. The molecular formula is C22H22ClNO3S. The van der Waals surface area contributed by atoms with Crippen molar-refractivity contribution in [3.63, 3.8) is 0 Å². The van der Waals surface area contributed by atoms with E-state index in [9.17, 15) is 9.59 Å². The molecule has 2 aromatic carbocycles. The maximum atomic E-state index is 12.6. The first-order valence-electron chi connectivity index (χ1n) is 9.30. The molecule has 0 aromatic heterocycles. The largest absolute Gasteiger partial charge is 0.488 e. The fraction of sp³-hybridized carbons (Fsp3) is 0.273. The van der Waals surface area contributed by atoms with E-state index in [4.69, 9.17) is 16.3 Å². The number of benzene rings is 2. The van der Waals surface area contributed by atoms with Gasteiger partial charge >= 0.3 is 0 Å². The number of hydrogen-bond acceptors (Lipinski definition) is 4. The third kappa shape index (κ3) is 4.97. The summed E-state index contributed by atoms with van der Waals surface area (Å²) in [6.07, 6.45) is 4.60. The second-order valence-electron chi connectivity index (χ2n) is 6.46. The van der Waals surface area contributed by atoms with E-state index in [0.717, 1.165) is 42.2 Å². The van der Waals surface area contributed by atoms with Gasteiger partial charge in [0.15, 0.2) is 0 Å². The number of unbranched alkanes of at least 4 members (excludes halogenated alkanes) is 2. The van der Waals surface area contributed by atoms with E-state index in [1.54, 1.807) is 6.08 Å². The summed E-state index contributed by atoms with van der Waals surface area (Å²) in [6.45, 7) is 2.89. The van der Waals surface area contributed by atoms with Crippen LogP contribution in [0.1, 0.15) is 37.3 Å². The Bertz CT molecular complexity index is 897. The van der Waals surface area contributed by atoms with Crippen LogP contribution >= 0.6 is 23.4 Å². The van der Waals surface area contributed by atoms with E-state index in [1.165, 1.54) is 4.90 Å². The molecule has 0 spiro atoms. The summed E-state index contributed by atoms with van der Waals surface area (Å²) in [5, 5.41) is 0.440. The Labute approximate surface area is 174 Å². The smallest absolute Gasteiger partial charge is 0.293 e. The molecule has 1 saturated heterocycles. The fourth-order valence-electron chi connectivity index (χ4n) is 2.86. The maximum absolute atomic E-state index is 12.6. The first kappa shape index (κ1) is 20.5. The Kier molecular flexibility index (Phi) is 7.18. The van der Waals surface area contributed by atoms with Crippen molar-refractivity contribution >= 4 is 40.6 Å². The Balaban J connectivity index is 1.75. The molecule has 4 nitrogen and oxygen atoms in total. The molecule has 0 saturated carbocycles. The molecule has 0 bridgehead atoms. The van der Waals surface area contributed by atoms with Crippen LogP contribution < -0.4 is 4.74 Å². The van der Waals surface area contributed by atoms with Crippen molar-refractivity contribution in [3.8, 4) is 5.75 Å². The van der Waals surface area contributed by atoms with Crippen molar-refractivity contribution in [3.05, 3.63) is 69.6 Å². The summed E-state index contributed by atoms with van der Waals surface area (Å²) in [4.78, 5) is 26.6. The minimum atomic E-state index is -0.230. The van der Waals surface area contributed by atoms with E-state index >= 15 is 0 Å². The number of imide groups is 1. The highest BCUT2D eigenvalue weighted by atomic mass is 35.5. The van der Waals surface area contributed by atoms with Gasteiger partial charge in [0.2, 0.25) is 0 Å². The number of hydrogen-bond donors (Lipinski definition) is 0. The van der Waals surface area contributed by atoms with E-state index in [0.29, 0.717) is 28.8 Å². The van der Waals surface area contributed by atoms with Crippen LogP contribution in [0, 0.1) is 0 Å². The van der Waals surface area contributed by atoms with Gasteiger partial charge in [-0.1, -0.05) is 67.8 Å². The highest BCUT2D eigenvalue weighted by Gasteiger charge is 2.34. The third-order valence-electron chi connectivity index (χ3n) is 4.41. The highest BCUT2D eigenvalue weighted by molar-refractivity contribution is 8.18. The topological polar surface area (TPSA) is 46.6 Å². The van der Waals surface area contributed by atoms with Gasteiger partial charge in [-0.2, -0.15) is 0 Å². The molecule has 1 heterocycles. The number of rotatable bonds is 8. The first-order chi connectivity index (χ1) is 13.6. The van der Waals surface area contributed by atoms with E-state index in [1.807, 2.05) is 48.5 Å². The van der Waals surface area contributed by atoms with Crippen LogP contribution in [0.5, 0.6) is 5.75 Å². The number of amides is 2. The molecule has 0 aliphatic carbocycles. The van der Waals surface area contributed by atoms with Gasteiger partial charge < -0.3 is 4.74 Å². The van der Waals surface area contributed by atoms with Crippen LogP contribution in [-0.2, 0) is 11.4 Å². The van der Waals surface area contributed by atoms with Gasteiger partial charge in [0.1, 0.15) is 12.4 Å². The summed E-state index contributed by atoms with van der Waals surface area (Å²) < 4.78 is 5.93. The number of para-hydroxylation sites is 1. The quantitative estimate of drug-likeness (QED) is 0.383. The summed E-state index contributed by atoms with van der Waals surface area (Å²) in [5.41, 5.74) is 1.64. The van der Waals surface area contributed by atoms with Gasteiger partial charge in [0.05, 0.1) is 4.91 Å². The number of halogens is 1. The molecule has 1 aliphatic rings. The zero-order chi connectivity index (χ0) is 19.9. The summed E-state index contributed by atoms with van der Waals surface area (Å²) in [6, 6.07) is 15.0. The Morgan fingerprint density at radius 3 is 2.61 bits per heavy atom. The molecule has 146 valence electrons. The van der Waals surface area contributed by atoms with Crippen LogP contribution in [0.4, 0.5) is 4.79 Å². The Morgan fingerprint density at radius 2 is 1.82 bits per heavy atom. The van der Waals surface area contributed by atoms with Crippen molar-refractivity contribution in [2.75, 3.05) is 6.54 Å². The zero-order valence-electron chi connectivity index (χ0n) is 15.7. The van der Waals surface area contributed by atoms with Crippen LogP contribution in [0.15, 0.2) is 53.4 Å². The fourth-order valence-corrected chi connectivity index (χ4v) is 3.90. The SMILES string of the molecule is CCCCCN1C(=O)S/C(=C\c2ccccc2OCc2ccccc2Cl)C1=O. The monoisotopic (exact) mass is 415 g/mol. The maximum Gasteiger partial charge on any atom is 0.293 e.